The molecule has 2 fully saturated rings. The van der Waals surface area contributed by atoms with Crippen LogP contribution in [-0.4, -0.2) is 50.6 Å². The molecule has 2 saturated heterocycles. The topological polar surface area (TPSA) is 30.9 Å². The number of benzene rings is 1. The highest BCUT2D eigenvalue weighted by Gasteiger charge is 2.30. The first-order valence-electron chi connectivity index (χ1n) is 7.96. The first-order valence-corrected chi connectivity index (χ1v) is 7.96. The lowest BCUT2D eigenvalue weighted by atomic mass is 9.96. The molecule has 3 rings (SSSR count). The Balaban J connectivity index is 1.35. The molecule has 0 amide bonds. The number of nitrogens with zero attached hydrogens (tertiary/aromatic N) is 1. The molecular formula is C17H25NO3. The first-order chi connectivity index (χ1) is 10.3. The Bertz CT molecular complexity index is 437. The minimum atomic E-state index is 0.0516. The molecular weight excluding hydrogens is 266 g/mol. The molecule has 0 N–H and O–H groups in total. The van der Waals surface area contributed by atoms with E-state index in [1.165, 1.54) is 5.56 Å². The molecule has 1 aromatic rings. The van der Waals surface area contributed by atoms with Crippen LogP contribution in [0.5, 0.6) is 5.75 Å². The van der Waals surface area contributed by atoms with Crippen molar-refractivity contribution in [2.45, 2.75) is 26.1 Å². The second kappa shape index (κ2) is 7.25. The van der Waals surface area contributed by atoms with Crippen molar-refractivity contribution in [3.63, 3.8) is 0 Å². The predicted octanol–water partition coefficient (Wildman–Crippen LogP) is 2.46. The lowest BCUT2D eigenvalue weighted by Crippen LogP contribution is -2.39. The number of aryl methyl sites for hydroxylation is 1. The molecule has 0 unspecified atom stereocenters. The molecule has 0 spiro atoms. The number of likely N-dealkylation sites (tertiary alicyclic amines) is 1. The van der Waals surface area contributed by atoms with Gasteiger partial charge in [-0.1, -0.05) is 12.1 Å². The van der Waals surface area contributed by atoms with Crippen molar-refractivity contribution in [2.75, 3.05) is 39.5 Å². The molecule has 2 heterocycles. The van der Waals surface area contributed by atoms with Crippen LogP contribution < -0.4 is 4.74 Å². The Hall–Kier alpha value is -1.10. The lowest BCUT2D eigenvalue weighted by Gasteiger charge is -2.33. The standard InChI is InChI=1S/C17H25NO3/c1-14-3-2-4-16(13-14)19-10-9-18-7-5-15(6-8-18)17-20-11-12-21-17/h2-4,13,15,17H,5-12H2,1H3. The Labute approximate surface area is 127 Å². The smallest absolute Gasteiger partial charge is 0.160 e. The molecule has 0 bridgehead atoms. The number of ether oxygens (including phenoxy) is 3. The first kappa shape index (κ1) is 14.8. The average molecular weight is 291 g/mol. The molecule has 116 valence electrons. The minimum absolute atomic E-state index is 0.0516. The van der Waals surface area contributed by atoms with Gasteiger partial charge in [0.25, 0.3) is 0 Å². The zero-order valence-corrected chi connectivity index (χ0v) is 12.8. The van der Waals surface area contributed by atoms with Gasteiger partial charge in [-0.25, -0.2) is 0 Å². The third-order valence-corrected chi connectivity index (χ3v) is 4.33. The Kier molecular flexibility index (Phi) is 5.12. The van der Waals surface area contributed by atoms with E-state index in [4.69, 9.17) is 14.2 Å². The summed E-state index contributed by atoms with van der Waals surface area (Å²) in [6.07, 6.45) is 2.38. The van der Waals surface area contributed by atoms with E-state index in [0.29, 0.717) is 5.92 Å². The zero-order valence-electron chi connectivity index (χ0n) is 12.8. The van der Waals surface area contributed by atoms with Gasteiger partial charge in [0.1, 0.15) is 12.4 Å². The summed E-state index contributed by atoms with van der Waals surface area (Å²) in [6, 6.07) is 8.23. The van der Waals surface area contributed by atoms with Gasteiger partial charge >= 0.3 is 0 Å². The molecule has 4 nitrogen and oxygen atoms in total. The van der Waals surface area contributed by atoms with E-state index in [1.54, 1.807) is 0 Å². The summed E-state index contributed by atoms with van der Waals surface area (Å²) in [6.45, 7) is 7.59. The van der Waals surface area contributed by atoms with Crippen LogP contribution in [0.3, 0.4) is 0 Å². The number of rotatable bonds is 5. The number of hydrogen-bond donors (Lipinski definition) is 0. The molecule has 1 aromatic carbocycles. The molecule has 2 aliphatic heterocycles. The van der Waals surface area contributed by atoms with E-state index in [1.807, 2.05) is 12.1 Å². The second-order valence-electron chi connectivity index (χ2n) is 5.95. The number of piperidine rings is 1. The van der Waals surface area contributed by atoms with E-state index in [-0.39, 0.29) is 6.29 Å². The SMILES string of the molecule is Cc1cccc(OCCN2CCC(C3OCCO3)CC2)c1. The van der Waals surface area contributed by atoms with Crippen LogP contribution in [0, 0.1) is 12.8 Å². The minimum Gasteiger partial charge on any atom is -0.492 e. The van der Waals surface area contributed by atoms with Crippen LogP contribution in [0.2, 0.25) is 0 Å². The highest BCUT2D eigenvalue weighted by atomic mass is 16.7. The summed E-state index contributed by atoms with van der Waals surface area (Å²) >= 11 is 0. The maximum absolute atomic E-state index is 5.83. The fraction of sp³-hybridized carbons (Fsp3) is 0.647. The van der Waals surface area contributed by atoms with E-state index in [2.05, 4.69) is 24.0 Å². The van der Waals surface area contributed by atoms with Crippen molar-refractivity contribution in [1.29, 1.82) is 0 Å². The summed E-state index contributed by atoms with van der Waals surface area (Å²) in [4.78, 5) is 2.47. The van der Waals surface area contributed by atoms with Crippen LogP contribution in [0.4, 0.5) is 0 Å². The van der Waals surface area contributed by atoms with Crippen molar-refractivity contribution in [1.82, 2.24) is 4.90 Å². The predicted molar refractivity (Wildman–Crippen MR) is 81.5 cm³/mol. The van der Waals surface area contributed by atoms with E-state index in [0.717, 1.165) is 58.0 Å². The maximum Gasteiger partial charge on any atom is 0.160 e. The average Bonchev–Trinajstić information content (AvgIpc) is 3.02. The van der Waals surface area contributed by atoms with Crippen LogP contribution in [0.1, 0.15) is 18.4 Å². The molecule has 2 aliphatic rings. The molecule has 0 aliphatic carbocycles. The zero-order chi connectivity index (χ0) is 14.5. The second-order valence-corrected chi connectivity index (χ2v) is 5.95. The molecule has 0 atom stereocenters. The van der Waals surface area contributed by atoms with Crippen molar-refractivity contribution in [2.24, 2.45) is 5.92 Å². The van der Waals surface area contributed by atoms with Crippen molar-refractivity contribution in [3.05, 3.63) is 29.8 Å². The van der Waals surface area contributed by atoms with Crippen molar-refractivity contribution < 1.29 is 14.2 Å². The van der Waals surface area contributed by atoms with Gasteiger partial charge in [-0.15, -0.1) is 0 Å². The van der Waals surface area contributed by atoms with Gasteiger partial charge in [-0.2, -0.15) is 0 Å². The molecule has 0 aromatic heterocycles. The summed E-state index contributed by atoms with van der Waals surface area (Å²) in [5, 5.41) is 0. The summed E-state index contributed by atoms with van der Waals surface area (Å²) < 4.78 is 17.0. The maximum atomic E-state index is 5.83. The Morgan fingerprint density at radius 1 is 1.19 bits per heavy atom. The van der Waals surface area contributed by atoms with E-state index in [9.17, 15) is 0 Å². The summed E-state index contributed by atoms with van der Waals surface area (Å²) in [5.41, 5.74) is 1.24. The number of hydrogen-bond acceptors (Lipinski definition) is 4. The fourth-order valence-corrected chi connectivity index (χ4v) is 3.10. The molecule has 0 saturated carbocycles. The summed E-state index contributed by atoms with van der Waals surface area (Å²) in [5.74, 6) is 1.54. The Morgan fingerprint density at radius 3 is 2.67 bits per heavy atom. The van der Waals surface area contributed by atoms with E-state index < -0.39 is 0 Å². The van der Waals surface area contributed by atoms with Gasteiger partial charge < -0.3 is 14.2 Å². The molecule has 21 heavy (non-hydrogen) atoms. The van der Waals surface area contributed by atoms with Crippen LogP contribution >= 0.6 is 0 Å². The van der Waals surface area contributed by atoms with Gasteiger partial charge in [-0.05, 0) is 50.6 Å². The van der Waals surface area contributed by atoms with Crippen LogP contribution in [-0.2, 0) is 9.47 Å². The van der Waals surface area contributed by atoms with Crippen molar-refractivity contribution in [3.8, 4) is 5.75 Å². The quantitative estimate of drug-likeness (QED) is 0.834. The van der Waals surface area contributed by atoms with Gasteiger partial charge in [0.2, 0.25) is 0 Å². The highest BCUT2D eigenvalue weighted by Crippen LogP contribution is 2.25. The normalized spacial score (nSPS) is 21.8. The van der Waals surface area contributed by atoms with Gasteiger partial charge in [0.05, 0.1) is 13.2 Å². The fourth-order valence-electron chi connectivity index (χ4n) is 3.10. The largest absolute Gasteiger partial charge is 0.492 e. The highest BCUT2D eigenvalue weighted by molar-refractivity contribution is 5.27. The van der Waals surface area contributed by atoms with Gasteiger partial charge in [0, 0.05) is 12.5 Å². The third kappa shape index (κ3) is 4.19. The Morgan fingerprint density at radius 2 is 1.95 bits per heavy atom. The molecule has 4 heteroatoms. The molecule has 0 radical (unpaired) electrons. The van der Waals surface area contributed by atoms with Gasteiger partial charge in [-0.3, -0.25) is 4.90 Å². The third-order valence-electron chi connectivity index (χ3n) is 4.33. The van der Waals surface area contributed by atoms with E-state index >= 15 is 0 Å². The van der Waals surface area contributed by atoms with Crippen LogP contribution in [0.25, 0.3) is 0 Å². The van der Waals surface area contributed by atoms with Crippen molar-refractivity contribution >= 4 is 0 Å². The summed E-state index contributed by atoms with van der Waals surface area (Å²) in [7, 11) is 0. The van der Waals surface area contributed by atoms with Gasteiger partial charge in [0.15, 0.2) is 6.29 Å². The lowest BCUT2D eigenvalue weighted by molar-refractivity contribution is -0.0976. The monoisotopic (exact) mass is 291 g/mol. The van der Waals surface area contributed by atoms with Crippen LogP contribution in [0.15, 0.2) is 24.3 Å².